The minimum absolute atomic E-state index is 0.408. The van der Waals surface area contributed by atoms with Crippen molar-refractivity contribution in [3.63, 3.8) is 0 Å². The van der Waals surface area contributed by atoms with E-state index in [4.69, 9.17) is 4.74 Å². The summed E-state index contributed by atoms with van der Waals surface area (Å²) in [7, 11) is -0.941. The Morgan fingerprint density at radius 3 is 2.36 bits per heavy atom. The highest BCUT2D eigenvalue weighted by molar-refractivity contribution is 6.76. The molecule has 0 atom stereocenters. The fourth-order valence-electron chi connectivity index (χ4n) is 0.594. The molecule has 0 saturated carbocycles. The standard InChI is InChI=1S/C8H17O2Si/c1-11(2,3)8-7-10-6-4-5-9/h4,6-8H2,1-3H3. The van der Waals surface area contributed by atoms with Crippen molar-refractivity contribution in [2.45, 2.75) is 32.1 Å². The summed E-state index contributed by atoms with van der Waals surface area (Å²) in [5, 5.41) is 0. The summed E-state index contributed by atoms with van der Waals surface area (Å²) in [5.41, 5.74) is 0. The monoisotopic (exact) mass is 173 g/mol. The first-order valence-corrected chi connectivity index (χ1v) is 7.70. The van der Waals surface area contributed by atoms with Crippen molar-refractivity contribution < 1.29 is 9.53 Å². The highest BCUT2D eigenvalue weighted by Crippen LogP contribution is 2.07. The molecule has 2 nitrogen and oxygen atoms in total. The highest BCUT2D eigenvalue weighted by Gasteiger charge is 2.11. The van der Waals surface area contributed by atoms with Crippen molar-refractivity contribution in [1.82, 2.24) is 0 Å². The molecule has 0 heterocycles. The Hall–Kier alpha value is -0.153. The van der Waals surface area contributed by atoms with E-state index in [2.05, 4.69) is 19.6 Å². The summed E-state index contributed by atoms with van der Waals surface area (Å²) in [6, 6.07) is 1.17. The number of hydrogen-bond acceptors (Lipinski definition) is 2. The van der Waals surface area contributed by atoms with Gasteiger partial charge in [0.2, 0.25) is 6.29 Å². The molecular formula is C8H17O2Si. The molecule has 0 unspecified atom stereocenters. The van der Waals surface area contributed by atoms with Gasteiger partial charge >= 0.3 is 0 Å². The summed E-state index contributed by atoms with van der Waals surface area (Å²) in [4.78, 5) is 9.77. The highest BCUT2D eigenvalue weighted by atomic mass is 28.3. The van der Waals surface area contributed by atoms with Gasteiger partial charge in [0.15, 0.2) is 0 Å². The second kappa shape index (κ2) is 5.49. The fourth-order valence-corrected chi connectivity index (χ4v) is 1.35. The van der Waals surface area contributed by atoms with Crippen molar-refractivity contribution in [3.8, 4) is 0 Å². The first-order valence-electron chi connectivity index (χ1n) is 3.99. The SMILES string of the molecule is C[Si](C)(C)CCOCC[C]=O. The predicted octanol–water partition coefficient (Wildman–Crippen LogP) is 1.84. The molecule has 3 heteroatoms. The lowest BCUT2D eigenvalue weighted by molar-refractivity contribution is 0.153. The molecule has 0 aliphatic rings. The Bertz CT molecular complexity index is 107. The minimum atomic E-state index is -0.941. The second-order valence-corrected chi connectivity index (χ2v) is 9.44. The number of hydrogen-bond donors (Lipinski definition) is 0. The Balaban J connectivity index is 3.08. The van der Waals surface area contributed by atoms with E-state index < -0.39 is 8.07 Å². The molecular weight excluding hydrogens is 156 g/mol. The zero-order valence-electron chi connectivity index (χ0n) is 7.64. The van der Waals surface area contributed by atoms with Crippen LogP contribution in [0.15, 0.2) is 0 Å². The van der Waals surface area contributed by atoms with Crippen LogP contribution in [0.25, 0.3) is 0 Å². The molecule has 0 saturated heterocycles. The zero-order chi connectivity index (χ0) is 8.74. The van der Waals surface area contributed by atoms with E-state index in [1.165, 1.54) is 6.04 Å². The van der Waals surface area contributed by atoms with Crippen LogP contribution in [-0.4, -0.2) is 27.6 Å². The zero-order valence-corrected chi connectivity index (χ0v) is 8.64. The lowest BCUT2D eigenvalue weighted by Gasteiger charge is -2.14. The van der Waals surface area contributed by atoms with Crippen LogP contribution in [0.2, 0.25) is 25.7 Å². The Labute approximate surface area is 69.9 Å². The van der Waals surface area contributed by atoms with Gasteiger partial charge in [0.05, 0.1) is 6.61 Å². The van der Waals surface area contributed by atoms with Crippen molar-refractivity contribution in [2.24, 2.45) is 0 Å². The minimum Gasteiger partial charge on any atom is -0.381 e. The summed E-state index contributed by atoms with van der Waals surface area (Å²) < 4.78 is 5.22. The van der Waals surface area contributed by atoms with E-state index in [-0.39, 0.29) is 0 Å². The van der Waals surface area contributed by atoms with Crippen molar-refractivity contribution in [1.29, 1.82) is 0 Å². The third kappa shape index (κ3) is 9.85. The maximum absolute atomic E-state index is 9.77. The predicted molar refractivity (Wildman–Crippen MR) is 49.3 cm³/mol. The van der Waals surface area contributed by atoms with Crippen LogP contribution in [0.3, 0.4) is 0 Å². The van der Waals surface area contributed by atoms with E-state index in [9.17, 15) is 4.79 Å². The Kier molecular flexibility index (Phi) is 5.41. The van der Waals surface area contributed by atoms with E-state index in [0.717, 1.165) is 6.61 Å². The molecule has 0 aliphatic carbocycles. The average Bonchev–Trinajstić information content (AvgIpc) is 1.85. The largest absolute Gasteiger partial charge is 0.381 e. The molecule has 0 amide bonds. The second-order valence-electron chi connectivity index (χ2n) is 3.82. The third-order valence-electron chi connectivity index (χ3n) is 1.34. The van der Waals surface area contributed by atoms with Gasteiger partial charge < -0.3 is 4.74 Å². The van der Waals surface area contributed by atoms with Gasteiger partial charge in [-0.1, -0.05) is 19.6 Å². The molecule has 0 rings (SSSR count). The molecule has 0 spiro atoms. The van der Waals surface area contributed by atoms with E-state index >= 15 is 0 Å². The van der Waals surface area contributed by atoms with Gasteiger partial charge in [-0.25, -0.2) is 0 Å². The Morgan fingerprint density at radius 2 is 1.91 bits per heavy atom. The molecule has 0 aromatic heterocycles. The molecule has 0 aliphatic heterocycles. The quantitative estimate of drug-likeness (QED) is 0.452. The summed E-state index contributed by atoms with van der Waals surface area (Å²) in [6.45, 7) is 8.26. The number of carbonyl (C=O) groups excluding carboxylic acids is 1. The smallest absolute Gasteiger partial charge is 0.200 e. The molecule has 65 valence electrons. The summed E-state index contributed by atoms with van der Waals surface area (Å²) in [5.74, 6) is 0. The first kappa shape index (κ1) is 10.8. The summed E-state index contributed by atoms with van der Waals surface area (Å²) in [6.07, 6.45) is 2.21. The van der Waals surface area contributed by atoms with Crippen molar-refractivity contribution >= 4 is 14.4 Å². The third-order valence-corrected chi connectivity index (χ3v) is 3.05. The van der Waals surface area contributed by atoms with Crippen molar-refractivity contribution in [2.75, 3.05) is 13.2 Å². The molecule has 0 fully saturated rings. The number of ether oxygens (including phenoxy) is 1. The van der Waals surface area contributed by atoms with Gasteiger partial charge in [-0.3, -0.25) is 4.79 Å². The van der Waals surface area contributed by atoms with Crippen LogP contribution in [-0.2, 0) is 9.53 Å². The summed E-state index contributed by atoms with van der Waals surface area (Å²) >= 11 is 0. The van der Waals surface area contributed by atoms with Gasteiger partial charge in [0.1, 0.15) is 0 Å². The lowest BCUT2D eigenvalue weighted by atomic mass is 10.5. The molecule has 0 N–H and O–H groups in total. The van der Waals surface area contributed by atoms with E-state index in [1.807, 2.05) is 0 Å². The van der Waals surface area contributed by atoms with Gasteiger partial charge in [-0.05, 0) is 6.04 Å². The normalized spacial score (nSPS) is 11.5. The molecule has 0 bridgehead atoms. The number of rotatable bonds is 6. The van der Waals surface area contributed by atoms with Crippen LogP contribution in [0.1, 0.15) is 6.42 Å². The van der Waals surface area contributed by atoms with Gasteiger partial charge in [0.25, 0.3) is 0 Å². The molecule has 1 radical (unpaired) electrons. The maximum Gasteiger partial charge on any atom is 0.200 e. The van der Waals surface area contributed by atoms with Crippen LogP contribution in [0, 0.1) is 0 Å². The van der Waals surface area contributed by atoms with Crippen LogP contribution in [0.4, 0.5) is 0 Å². The van der Waals surface area contributed by atoms with Crippen LogP contribution < -0.4 is 0 Å². The average molecular weight is 173 g/mol. The van der Waals surface area contributed by atoms with Crippen LogP contribution >= 0.6 is 0 Å². The maximum atomic E-state index is 9.77. The van der Waals surface area contributed by atoms with Gasteiger partial charge in [0, 0.05) is 21.1 Å². The van der Waals surface area contributed by atoms with Gasteiger partial charge in [-0.15, -0.1) is 0 Å². The first-order chi connectivity index (χ1) is 5.06. The Morgan fingerprint density at radius 1 is 1.27 bits per heavy atom. The molecule has 11 heavy (non-hydrogen) atoms. The van der Waals surface area contributed by atoms with Gasteiger partial charge in [-0.2, -0.15) is 0 Å². The lowest BCUT2D eigenvalue weighted by Crippen LogP contribution is -2.21. The molecule has 0 aromatic rings. The van der Waals surface area contributed by atoms with E-state index in [0.29, 0.717) is 13.0 Å². The van der Waals surface area contributed by atoms with Crippen molar-refractivity contribution in [3.05, 3.63) is 0 Å². The van der Waals surface area contributed by atoms with Crippen LogP contribution in [0.5, 0.6) is 0 Å². The molecule has 0 aromatic carbocycles. The van der Waals surface area contributed by atoms with E-state index in [1.54, 1.807) is 6.29 Å². The topological polar surface area (TPSA) is 26.3 Å². The fraction of sp³-hybridized carbons (Fsp3) is 0.875.